The van der Waals surface area contributed by atoms with Gasteiger partial charge in [-0.15, -0.1) is 0 Å². The molecule has 0 aromatic rings. The number of piperidine rings is 1. The Bertz CT molecular complexity index is 196. The van der Waals surface area contributed by atoms with Crippen LogP contribution < -0.4 is 5.73 Å². The third-order valence-corrected chi connectivity index (χ3v) is 3.69. The lowest BCUT2D eigenvalue weighted by molar-refractivity contribution is 0.0450. The standard InChI is InChI=1S/C12H24N2O/c1-9-5-11(13)7-14(6-9)12(8-15-2)10-3-4-10/h9-12H,3-8,13H2,1-2H3. The lowest BCUT2D eigenvalue weighted by Gasteiger charge is -2.40. The van der Waals surface area contributed by atoms with Crippen molar-refractivity contribution in [2.24, 2.45) is 17.6 Å². The van der Waals surface area contributed by atoms with Gasteiger partial charge in [0, 0.05) is 32.3 Å². The van der Waals surface area contributed by atoms with Crippen molar-refractivity contribution in [3.05, 3.63) is 0 Å². The molecule has 3 unspecified atom stereocenters. The SMILES string of the molecule is COCC(C1CC1)N1CC(C)CC(N)C1. The van der Waals surface area contributed by atoms with Gasteiger partial charge >= 0.3 is 0 Å². The van der Waals surface area contributed by atoms with Gasteiger partial charge in [0.25, 0.3) is 0 Å². The highest BCUT2D eigenvalue weighted by Gasteiger charge is 2.37. The minimum absolute atomic E-state index is 0.367. The summed E-state index contributed by atoms with van der Waals surface area (Å²) in [4.78, 5) is 2.57. The first-order chi connectivity index (χ1) is 7.20. The van der Waals surface area contributed by atoms with E-state index < -0.39 is 0 Å². The molecule has 3 nitrogen and oxygen atoms in total. The van der Waals surface area contributed by atoms with Crippen molar-refractivity contribution in [1.82, 2.24) is 4.90 Å². The largest absolute Gasteiger partial charge is 0.383 e. The lowest BCUT2D eigenvalue weighted by atomic mass is 9.94. The molecule has 0 spiro atoms. The predicted octanol–water partition coefficient (Wildman–Crippen LogP) is 1.08. The van der Waals surface area contributed by atoms with Crippen LogP contribution in [0.25, 0.3) is 0 Å². The monoisotopic (exact) mass is 212 g/mol. The molecule has 2 fully saturated rings. The molecule has 0 aromatic heterocycles. The summed E-state index contributed by atoms with van der Waals surface area (Å²) < 4.78 is 5.35. The van der Waals surface area contributed by atoms with E-state index in [1.54, 1.807) is 0 Å². The van der Waals surface area contributed by atoms with Crippen LogP contribution in [-0.4, -0.2) is 43.8 Å². The van der Waals surface area contributed by atoms with Gasteiger partial charge in [0.15, 0.2) is 0 Å². The Balaban J connectivity index is 1.93. The molecule has 0 bridgehead atoms. The van der Waals surface area contributed by atoms with E-state index in [0.717, 1.165) is 25.0 Å². The van der Waals surface area contributed by atoms with Crippen LogP contribution >= 0.6 is 0 Å². The summed E-state index contributed by atoms with van der Waals surface area (Å²) in [7, 11) is 1.81. The molecule has 1 heterocycles. The minimum atomic E-state index is 0.367. The van der Waals surface area contributed by atoms with Crippen molar-refractivity contribution in [2.75, 3.05) is 26.8 Å². The molecule has 0 aromatic carbocycles. The van der Waals surface area contributed by atoms with Gasteiger partial charge in [0.1, 0.15) is 0 Å². The van der Waals surface area contributed by atoms with Gasteiger partial charge < -0.3 is 10.5 Å². The normalized spacial score (nSPS) is 35.4. The number of hydrogen-bond donors (Lipinski definition) is 1. The molecule has 1 aliphatic carbocycles. The maximum absolute atomic E-state index is 6.09. The van der Waals surface area contributed by atoms with Crippen LogP contribution in [0.2, 0.25) is 0 Å². The van der Waals surface area contributed by atoms with Crippen LogP contribution in [0.4, 0.5) is 0 Å². The topological polar surface area (TPSA) is 38.5 Å². The van der Waals surface area contributed by atoms with Gasteiger partial charge in [-0.1, -0.05) is 6.92 Å². The van der Waals surface area contributed by atoms with Gasteiger partial charge in [-0.25, -0.2) is 0 Å². The Morgan fingerprint density at radius 1 is 1.40 bits per heavy atom. The van der Waals surface area contributed by atoms with Crippen LogP contribution in [0.5, 0.6) is 0 Å². The average molecular weight is 212 g/mol. The zero-order valence-electron chi connectivity index (χ0n) is 9.98. The molecule has 88 valence electrons. The number of nitrogens with two attached hydrogens (primary N) is 1. The summed E-state index contributed by atoms with van der Waals surface area (Å²) in [5.41, 5.74) is 6.09. The summed E-state index contributed by atoms with van der Waals surface area (Å²) >= 11 is 0. The van der Waals surface area contributed by atoms with E-state index in [0.29, 0.717) is 12.1 Å². The number of likely N-dealkylation sites (tertiary alicyclic amines) is 1. The number of methoxy groups -OCH3 is 1. The van der Waals surface area contributed by atoms with Crippen molar-refractivity contribution >= 4 is 0 Å². The van der Waals surface area contributed by atoms with Crippen molar-refractivity contribution in [3.8, 4) is 0 Å². The fourth-order valence-electron chi connectivity index (χ4n) is 2.90. The second-order valence-electron chi connectivity index (χ2n) is 5.41. The first-order valence-electron chi connectivity index (χ1n) is 6.19. The lowest BCUT2D eigenvalue weighted by Crippen LogP contribution is -2.52. The van der Waals surface area contributed by atoms with Crippen molar-refractivity contribution in [3.63, 3.8) is 0 Å². The summed E-state index contributed by atoms with van der Waals surface area (Å²) in [6.07, 6.45) is 3.95. The summed E-state index contributed by atoms with van der Waals surface area (Å²) in [6, 6.07) is 0.996. The number of hydrogen-bond acceptors (Lipinski definition) is 3. The van der Waals surface area contributed by atoms with E-state index in [4.69, 9.17) is 10.5 Å². The third kappa shape index (κ3) is 2.92. The summed E-state index contributed by atoms with van der Waals surface area (Å²) in [5, 5.41) is 0. The maximum Gasteiger partial charge on any atom is 0.0620 e. The molecule has 1 aliphatic heterocycles. The van der Waals surface area contributed by atoms with Crippen LogP contribution in [0.1, 0.15) is 26.2 Å². The average Bonchev–Trinajstić information content (AvgIpc) is 2.95. The zero-order valence-corrected chi connectivity index (χ0v) is 9.98. The van der Waals surface area contributed by atoms with Gasteiger partial charge in [-0.3, -0.25) is 4.90 Å². The molecular weight excluding hydrogens is 188 g/mol. The Morgan fingerprint density at radius 3 is 2.67 bits per heavy atom. The maximum atomic E-state index is 6.09. The highest BCUT2D eigenvalue weighted by Crippen LogP contribution is 2.36. The molecule has 3 atom stereocenters. The smallest absolute Gasteiger partial charge is 0.0620 e. The predicted molar refractivity (Wildman–Crippen MR) is 61.7 cm³/mol. The molecule has 3 heteroatoms. The molecule has 0 amide bonds. The highest BCUT2D eigenvalue weighted by atomic mass is 16.5. The molecule has 2 N–H and O–H groups in total. The Kier molecular flexibility index (Phi) is 3.65. The Labute approximate surface area is 93.0 Å². The van der Waals surface area contributed by atoms with Crippen LogP contribution in [-0.2, 0) is 4.74 Å². The van der Waals surface area contributed by atoms with Gasteiger partial charge in [0.2, 0.25) is 0 Å². The summed E-state index contributed by atoms with van der Waals surface area (Å²) in [5.74, 6) is 1.62. The third-order valence-electron chi connectivity index (χ3n) is 3.69. The zero-order chi connectivity index (χ0) is 10.8. The first kappa shape index (κ1) is 11.4. The fraction of sp³-hybridized carbons (Fsp3) is 1.00. The Hall–Kier alpha value is -0.120. The van der Waals surface area contributed by atoms with Crippen LogP contribution in [0.15, 0.2) is 0 Å². The van der Waals surface area contributed by atoms with Gasteiger partial charge in [0.05, 0.1) is 6.61 Å². The minimum Gasteiger partial charge on any atom is -0.383 e. The highest BCUT2D eigenvalue weighted by molar-refractivity contribution is 4.92. The number of nitrogens with zero attached hydrogens (tertiary/aromatic N) is 1. The van der Waals surface area contributed by atoms with E-state index in [9.17, 15) is 0 Å². The molecule has 1 saturated carbocycles. The van der Waals surface area contributed by atoms with Crippen molar-refractivity contribution in [2.45, 2.75) is 38.3 Å². The van der Waals surface area contributed by atoms with Crippen molar-refractivity contribution < 1.29 is 4.74 Å². The summed E-state index contributed by atoms with van der Waals surface area (Å²) in [6.45, 7) is 5.46. The number of ether oxygens (including phenoxy) is 1. The van der Waals surface area contributed by atoms with E-state index >= 15 is 0 Å². The first-order valence-corrected chi connectivity index (χ1v) is 6.19. The molecule has 15 heavy (non-hydrogen) atoms. The molecular formula is C12H24N2O. The van der Waals surface area contributed by atoms with Gasteiger partial charge in [-0.2, -0.15) is 0 Å². The quantitative estimate of drug-likeness (QED) is 0.758. The Morgan fingerprint density at radius 2 is 2.13 bits per heavy atom. The van der Waals surface area contributed by atoms with E-state index in [1.165, 1.54) is 25.8 Å². The van der Waals surface area contributed by atoms with Gasteiger partial charge in [-0.05, 0) is 31.1 Å². The molecule has 1 saturated heterocycles. The molecule has 2 rings (SSSR count). The van der Waals surface area contributed by atoms with Crippen molar-refractivity contribution in [1.29, 1.82) is 0 Å². The van der Waals surface area contributed by atoms with Crippen LogP contribution in [0, 0.1) is 11.8 Å². The molecule has 0 radical (unpaired) electrons. The molecule has 2 aliphatic rings. The van der Waals surface area contributed by atoms with E-state index in [1.807, 2.05) is 7.11 Å². The second-order valence-corrected chi connectivity index (χ2v) is 5.41. The number of rotatable bonds is 4. The fourth-order valence-corrected chi connectivity index (χ4v) is 2.90. The van der Waals surface area contributed by atoms with E-state index in [2.05, 4.69) is 11.8 Å². The van der Waals surface area contributed by atoms with Crippen LogP contribution in [0.3, 0.4) is 0 Å². The van der Waals surface area contributed by atoms with E-state index in [-0.39, 0.29) is 0 Å². The second kappa shape index (κ2) is 4.81.